The Balaban J connectivity index is 1.72. The molecule has 1 aromatic rings. The van der Waals surface area contributed by atoms with Crippen LogP contribution < -0.4 is 16.4 Å². The molecule has 4 N–H and O–H groups in total. The molecule has 170 valence electrons. The highest BCUT2D eigenvalue weighted by Crippen LogP contribution is 2.17. The van der Waals surface area contributed by atoms with Crippen LogP contribution >= 0.6 is 0 Å². The Kier molecular flexibility index (Phi) is 9.62. The van der Waals surface area contributed by atoms with Crippen molar-refractivity contribution in [3.8, 4) is 0 Å². The molecule has 30 heavy (non-hydrogen) atoms. The zero-order valence-electron chi connectivity index (χ0n) is 19.5. The number of carbonyl (C=O) groups is 1. The third-order valence-electron chi connectivity index (χ3n) is 6.04. The van der Waals surface area contributed by atoms with Gasteiger partial charge in [-0.2, -0.15) is 5.10 Å². The lowest BCUT2D eigenvalue weighted by Gasteiger charge is -2.30. The summed E-state index contributed by atoms with van der Waals surface area (Å²) in [5.41, 5.74) is 9.05. The number of nitrogens with one attached hydrogen (secondary N) is 2. The first kappa shape index (κ1) is 24.2. The molecule has 2 heterocycles. The molecular formula is C22H41N7O. The Hall–Kier alpha value is -2.09. The summed E-state index contributed by atoms with van der Waals surface area (Å²) >= 11 is 0. The molecule has 8 heteroatoms. The van der Waals surface area contributed by atoms with Gasteiger partial charge in [0.15, 0.2) is 5.96 Å². The SMILES string of the molecule is CCNC(=NCCCCN1CCC(C(N)=O)CC1)NC(C)Cc1c(C)nn(C)c1C. The second-order valence-corrected chi connectivity index (χ2v) is 8.51. The number of likely N-dealkylation sites (tertiary alicyclic amines) is 1. The maximum Gasteiger partial charge on any atom is 0.220 e. The molecule has 1 fully saturated rings. The quantitative estimate of drug-likeness (QED) is 0.303. The van der Waals surface area contributed by atoms with E-state index in [1.165, 1.54) is 11.3 Å². The molecule has 0 spiro atoms. The molecule has 0 radical (unpaired) electrons. The van der Waals surface area contributed by atoms with E-state index in [1.54, 1.807) is 0 Å². The number of carbonyl (C=O) groups excluding carboxylic acids is 1. The predicted octanol–water partition coefficient (Wildman–Crippen LogP) is 1.50. The lowest BCUT2D eigenvalue weighted by atomic mass is 9.96. The molecule has 0 aliphatic carbocycles. The molecule has 1 aliphatic rings. The summed E-state index contributed by atoms with van der Waals surface area (Å²) in [7, 11) is 2.00. The predicted molar refractivity (Wildman–Crippen MR) is 123 cm³/mol. The van der Waals surface area contributed by atoms with Gasteiger partial charge in [0, 0.05) is 37.8 Å². The van der Waals surface area contributed by atoms with Gasteiger partial charge in [0.1, 0.15) is 0 Å². The van der Waals surface area contributed by atoms with Crippen molar-refractivity contribution in [1.82, 2.24) is 25.3 Å². The van der Waals surface area contributed by atoms with Crippen molar-refractivity contribution in [1.29, 1.82) is 0 Å². The van der Waals surface area contributed by atoms with Gasteiger partial charge in [-0.1, -0.05) is 0 Å². The van der Waals surface area contributed by atoms with E-state index in [9.17, 15) is 4.79 Å². The number of aromatic nitrogens is 2. The van der Waals surface area contributed by atoms with Gasteiger partial charge < -0.3 is 21.3 Å². The van der Waals surface area contributed by atoms with Gasteiger partial charge in [-0.3, -0.25) is 14.5 Å². The highest BCUT2D eigenvalue weighted by atomic mass is 16.1. The van der Waals surface area contributed by atoms with Crippen molar-refractivity contribution >= 4 is 11.9 Å². The molecule has 0 saturated carbocycles. The number of nitrogens with zero attached hydrogens (tertiary/aromatic N) is 4. The molecular weight excluding hydrogens is 378 g/mol. The van der Waals surface area contributed by atoms with E-state index in [0.29, 0.717) is 0 Å². The smallest absolute Gasteiger partial charge is 0.220 e. The fourth-order valence-corrected chi connectivity index (χ4v) is 4.10. The minimum absolute atomic E-state index is 0.0702. The van der Waals surface area contributed by atoms with E-state index < -0.39 is 0 Å². The van der Waals surface area contributed by atoms with Crippen LogP contribution in [0, 0.1) is 19.8 Å². The normalized spacial score (nSPS) is 17.2. The Labute approximate surface area is 181 Å². The summed E-state index contributed by atoms with van der Waals surface area (Å²) in [5, 5.41) is 11.4. The lowest BCUT2D eigenvalue weighted by Crippen LogP contribution is -2.43. The molecule has 1 aromatic heterocycles. The minimum Gasteiger partial charge on any atom is -0.369 e. The fraction of sp³-hybridized carbons (Fsp3) is 0.773. The maximum absolute atomic E-state index is 11.3. The maximum atomic E-state index is 11.3. The van der Waals surface area contributed by atoms with Crippen LogP contribution in [0.5, 0.6) is 0 Å². The zero-order chi connectivity index (χ0) is 22.1. The number of primary amides is 1. The van der Waals surface area contributed by atoms with Gasteiger partial charge in [-0.25, -0.2) is 0 Å². The van der Waals surface area contributed by atoms with Crippen LogP contribution in [0.4, 0.5) is 0 Å². The number of piperidine rings is 1. The van der Waals surface area contributed by atoms with Gasteiger partial charge in [0.25, 0.3) is 0 Å². The largest absolute Gasteiger partial charge is 0.369 e. The second kappa shape index (κ2) is 11.9. The van der Waals surface area contributed by atoms with Gasteiger partial charge in [0.05, 0.1) is 5.69 Å². The van der Waals surface area contributed by atoms with Crippen molar-refractivity contribution in [2.75, 3.05) is 32.7 Å². The van der Waals surface area contributed by atoms with Crippen LogP contribution in [-0.2, 0) is 18.3 Å². The topological polar surface area (TPSA) is 101 Å². The second-order valence-electron chi connectivity index (χ2n) is 8.51. The number of hydrogen-bond donors (Lipinski definition) is 3. The van der Waals surface area contributed by atoms with Crippen molar-refractivity contribution in [2.45, 2.75) is 65.8 Å². The first-order valence-corrected chi connectivity index (χ1v) is 11.4. The van der Waals surface area contributed by atoms with Crippen molar-refractivity contribution in [3.05, 3.63) is 17.0 Å². The Morgan fingerprint density at radius 3 is 2.57 bits per heavy atom. The first-order chi connectivity index (χ1) is 14.3. The van der Waals surface area contributed by atoms with Crippen LogP contribution in [0.3, 0.4) is 0 Å². The standard InChI is InChI=1S/C22H41N7O/c1-6-24-22(26-16(2)15-20-17(3)27-28(5)18(20)4)25-11-7-8-12-29-13-9-19(10-14-29)21(23)30/h16,19H,6-15H2,1-5H3,(H2,23,30)(H2,24,25,26). The minimum atomic E-state index is -0.143. The van der Waals surface area contributed by atoms with E-state index in [-0.39, 0.29) is 17.9 Å². The average molecular weight is 420 g/mol. The molecule has 1 saturated heterocycles. The number of unbranched alkanes of at least 4 members (excludes halogenated alkanes) is 1. The number of hydrogen-bond acceptors (Lipinski definition) is 4. The molecule has 1 unspecified atom stereocenters. The van der Waals surface area contributed by atoms with E-state index in [4.69, 9.17) is 10.7 Å². The molecule has 1 aliphatic heterocycles. The summed E-state index contributed by atoms with van der Waals surface area (Å²) in [6, 6.07) is 0.274. The number of nitrogens with two attached hydrogens (primary N) is 1. The van der Waals surface area contributed by atoms with Crippen LogP contribution in [0.1, 0.15) is 56.5 Å². The number of amides is 1. The summed E-state index contributed by atoms with van der Waals surface area (Å²) in [4.78, 5) is 18.5. The molecule has 2 rings (SSSR count). The summed E-state index contributed by atoms with van der Waals surface area (Å²) < 4.78 is 1.95. The zero-order valence-corrected chi connectivity index (χ0v) is 19.5. The van der Waals surface area contributed by atoms with Crippen LogP contribution in [-0.4, -0.2) is 65.3 Å². The highest BCUT2D eigenvalue weighted by Gasteiger charge is 2.22. The average Bonchev–Trinajstić information content (AvgIpc) is 2.94. The summed E-state index contributed by atoms with van der Waals surface area (Å²) in [6.07, 6.45) is 4.90. The highest BCUT2D eigenvalue weighted by molar-refractivity contribution is 5.80. The van der Waals surface area contributed by atoms with Crippen LogP contribution in [0.15, 0.2) is 4.99 Å². The van der Waals surface area contributed by atoms with E-state index >= 15 is 0 Å². The van der Waals surface area contributed by atoms with Crippen molar-refractivity contribution < 1.29 is 4.79 Å². The third kappa shape index (κ3) is 7.31. The Bertz CT molecular complexity index is 705. The molecule has 1 amide bonds. The summed E-state index contributed by atoms with van der Waals surface area (Å²) in [6.45, 7) is 13.2. The lowest BCUT2D eigenvalue weighted by molar-refractivity contribution is -0.123. The van der Waals surface area contributed by atoms with Crippen LogP contribution in [0.25, 0.3) is 0 Å². The monoisotopic (exact) mass is 419 g/mol. The first-order valence-electron chi connectivity index (χ1n) is 11.4. The fourth-order valence-electron chi connectivity index (χ4n) is 4.10. The molecule has 8 nitrogen and oxygen atoms in total. The third-order valence-corrected chi connectivity index (χ3v) is 6.04. The molecule has 0 aromatic carbocycles. The number of rotatable bonds is 10. The van der Waals surface area contributed by atoms with Gasteiger partial charge in [0.2, 0.25) is 5.91 Å². The van der Waals surface area contributed by atoms with E-state index in [2.05, 4.69) is 48.3 Å². The molecule has 0 bridgehead atoms. The summed E-state index contributed by atoms with van der Waals surface area (Å²) in [5.74, 6) is 0.808. The van der Waals surface area contributed by atoms with Gasteiger partial charge in [-0.05, 0) is 85.0 Å². The number of aliphatic imine (C=N–C) groups is 1. The van der Waals surface area contributed by atoms with Crippen molar-refractivity contribution in [2.24, 2.45) is 23.7 Å². The van der Waals surface area contributed by atoms with Crippen molar-refractivity contribution in [3.63, 3.8) is 0 Å². The van der Waals surface area contributed by atoms with Gasteiger partial charge >= 0.3 is 0 Å². The Morgan fingerprint density at radius 2 is 2.00 bits per heavy atom. The Morgan fingerprint density at radius 1 is 1.30 bits per heavy atom. The number of aryl methyl sites for hydroxylation is 2. The molecule has 1 atom stereocenters. The van der Waals surface area contributed by atoms with E-state index in [0.717, 1.165) is 76.5 Å². The van der Waals surface area contributed by atoms with Gasteiger partial charge in [-0.15, -0.1) is 0 Å². The van der Waals surface area contributed by atoms with E-state index in [1.807, 2.05) is 11.7 Å². The van der Waals surface area contributed by atoms with Crippen LogP contribution in [0.2, 0.25) is 0 Å². The number of guanidine groups is 1.